The maximum absolute atomic E-state index is 11.8. The lowest BCUT2D eigenvalue weighted by atomic mass is 9.88. The van der Waals surface area contributed by atoms with Crippen molar-refractivity contribution in [2.45, 2.75) is 25.8 Å². The van der Waals surface area contributed by atoms with E-state index in [1.807, 2.05) is 6.92 Å². The van der Waals surface area contributed by atoms with E-state index in [2.05, 4.69) is 16.0 Å². The molecule has 2 fully saturated rings. The Morgan fingerprint density at radius 3 is 2.81 bits per heavy atom. The molecule has 0 aromatic carbocycles. The molecule has 2 heterocycles. The standard InChI is InChI=1S/C11H19N3O2/c1-7(8-4-12-5-8)11(16)13-6-9-2-3-10(15)14-9/h7-9,12H,2-6H2,1H3,(H,13,16)(H,14,15). The lowest BCUT2D eigenvalue weighted by Crippen LogP contribution is -2.50. The first-order valence-electron chi connectivity index (χ1n) is 5.94. The van der Waals surface area contributed by atoms with Crippen LogP contribution in [0.25, 0.3) is 0 Å². The summed E-state index contributed by atoms with van der Waals surface area (Å²) in [5, 5.41) is 8.91. The maximum atomic E-state index is 11.8. The van der Waals surface area contributed by atoms with Crippen molar-refractivity contribution in [1.29, 1.82) is 0 Å². The molecule has 90 valence electrons. The summed E-state index contributed by atoms with van der Waals surface area (Å²) in [7, 11) is 0. The fourth-order valence-electron chi connectivity index (χ4n) is 2.09. The zero-order chi connectivity index (χ0) is 11.5. The van der Waals surface area contributed by atoms with Crippen LogP contribution in [0.15, 0.2) is 0 Å². The van der Waals surface area contributed by atoms with E-state index in [9.17, 15) is 9.59 Å². The molecular formula is C11H19N3O2. The molecule has 3 N–H and O–H groups in total. The molecular weight excluding hydrogens is 206 g/mol. The Labute approximate surface area is 95.3 Å². The molecule has 0 spiro atoms. The van der Waals surface area contributed by atoms with E-state index in [1.165, 1.54) is 0 Å². The van der Waals surface area contributed by atoms with Crippen LogP contribution in [0.1, 0.15) is 19.8 Å². The van der Waals surface area contributed by atoms with Crippen LogP contribution in [0.3, 0.4) is 0 Å². The van der Waals surface area contributed by atoms with E-state index < -0.39 is 0 Å². The van der Waals surface area contributed by atoms with Crippen LogP contribution in [-0.4, -0.2) is 37.5 Å². The van der Waals surface area contributed by atoms with Gasteiger partial charge in [-0.05, 0) is 25.4 Å². The van der Waals surface area contributed by atoms with Crippen molar-refractivity contribution in [3.05, 3.63) is 0 Å². The molecule has 5 heteroatoms. The van der Waals surface area contributed by atoms with Gasteiger partial charge in [-0.3, -0.25) is 9.59 Å². The van der Waals surface area contributed by atoms with Crippen molar-refractivity contribution in [3.63, 3.8) is 0 Å². The Balaban J connectivity index is 1.68. The normalized spacial score (nSPS) is 27.1. The molecule has 0 aliphatic carbocycles. The van der Waals surface area contributed by atoms with Gasteiger partial charge in [0, 0.05) is 24.9 Å². The monoisotopic (exact) mass is 225 g/mol. The predicted molar refractivity (Wildman–Crippen MR) is 59.7 cm³/mol. The smallest absolute Gasteiger partial charge is 0.223 e. The molecule has 0 bridgehead atoms. The van der Waals surface area contributed by atoms with Crippen LogP contribution in [0.2, 0.25) is 0 Å². The molecule has 2 aliphatic rings. The van der Waals surface area contributed by atoms with Gasteiger partial charge in [0.1, 0.15) is 0 Å². The van der Waals surface area contributed by atoms with Gasteiger partial charge in [0.25, 0.3) is 0 Å². The second-order valence-electron chi connectivity index (χ2n) is 4.76. The van der Waals surface area contributed by atoms with Gasteiger partial charge < -0.3 is 16.0 Å². The van der Waals surface area contributed by atoms with Gasteiger partial charge in [-0.2, -0.15) is 0 Å². The number of hydrogen-bond acceptors (Lipinski definition) is 3. The van der Waals surface area contributed by atoms with Gasteiger partial charge in [-0.15, -0.1) is 0 Å². The zero-order valence-corrected chi connectivity index (χ0v) is 9.58. The van der Waals surface area contributed by atoms with Crippen molar-refractivity contribution in [2.24, 2.45) is 11.8 Å². The summed E-state index contributed by atoms with van der Waals surface area (Å²) in [5.74, 6) is 0.736. The predicted octanol–water partition coefficient (Wildman–Crippen LogP) is -0.763. The summed E-state index contributed by atoms with van der Waals surface area (Å²) >= 11 is 0. The number of amides is 2. The van der Waals surface area contributed by atoms with Gasteiger partial charge in [-0.1, -0.05) is 6.92 Å². The van der Waals surface area contributed by atoms with Crippen LogP contribution >= 0.6 is 0 Å². The second-order valence-corrected chi connectivity index (χ2v) is 4.76. The maximum Gasteiger partial charge on any atom is 0.223 e. The summed E-state index contributed by atoms with van der Waals surface area (Å²) in [5.41, 5.74) is 0. The number of hydrogen-bond donors (Lipinski definition) is 3. The van der Waals surface area contributed by atoms with Crippen LogP contribution < -0.4 is 16.0 Å². The zero-order valence-electron chi connectivity index (χ0n) is 9.58. The second kappa shape index (κ2) is 4.82. The van der Waals surface area contributed by atoms with E-state index in [0.29, 0.717) is 18.9 Å². The summed E-state index contributed by atoms with van der Waals surface area (Å²) in [4.78, 5) is 22.7. The van der Waals surface area contributed by atoms with Crippen molar-refractivity contribution in [3.8, 4) is 0 Å². The molecule has 2 saturated heterocycles. The quantitative estimate of drug-likeness (QED) is 0.589. The molecule has 2 amide bonds. The van der Waals surface area contributed by atoms with Crippen LogP contribution in [0, 0.1) is 11.8 Å². The van der Waals surface area contributed by atoms with E-state index >= 15 is 0 Å². The summed E-state index contributed by atoms with van der Waals surface area (Å²) in [6.45, 7) is 4.41. The first-order chi connectivity index (χ1) is 7.66. The Morgan fingerprint density at radius 1 is 1.56 bits per heavy atom. The number of rotatable bonds is 4. The lowest BCUT2D eigenvalue weighted by molar-refractivity contribution is -0.127. The van der Waals surface area contributed by atoms with E-state index in [1.54, 1.807) is 0 Å². The van der Waals surface area contributed by atoms with Gasteiger partial charge in [0.2, 0.25) is 11.8 Å². The van der Waals surface area contributed by atoms with Crippen LogP contribution in [-0.2, 0) is 9.59 Å². The SMILES string of the molecule is CC(C(=O)NCC1CCC(=O)N1)C1CNC1. The fourth-order valence-corrected chi connectivity index (χ4v) is 2.09. The molecule has 2 atom stereocenters. The van der Waals surface area contributed by atoms with Crippen molar-refractivity contribution in [2.75, 3.05) is 19.6 Å². The minimum Gasteiger partial charge on any atom is -0.354 e. The summed E-state index contributed by atoms with van der Waals surface area (Å²) in [6, 6.07) is 0.128. The average molecular weight is 225 g/mol. The molecule has 0 saturated carbocycles. The Morgan fingerprint density at radius 2 is 2.31 bits per heavy atom. The summed E-state index contributed by atoms with van der Waals surface area (Å²) in [6.07, 6.45) is 1.42. The summed E-state index contributed by atoms with van der Waals surface area (Å²) < 4.78 is 0. The lowest BCUT2D eigenvalue weighted by Gasteiger charge is -2.31. The van der Waals surface area contributed by atoms with E-state index in [0.717, 1.165) is 19.5 Å². The largest absolute Gasteiger partial charge is 0.354 e. The van der Waals surface area contributed by atoms with E-state index in [-0.39, 0.29) is 23.8 Å². The first kappa shape index (κ1) is 11.4. The van der Waals surface area contributed by atoms with Crippen molar-refractivity contribution >= 4 is 11.8 Å². The highest BCUT2D eigenvalue weighted by molar-refractivity contribution is 5.80. The topological polar surface area (TPSA) is 70.2 Å². The van der Waals surface area contributed by atoms with Crippen LogP contribution in [0.5, 0.6) is 0 Å². The Hall–Kier alpha value is -1.10. The van der Waals surface area contributed by atoms with Crippen molar-refractivity contribution < 1.29 is 9.59 Å². The highest BCUT2D eigenvalue weighted by Crippen LogP contribution is 2.15. The highest BCUT2D eigenvalue weighted by Gasteiger charge is 2.29. The first-order valence-corrected chi connectivity index (χ1v) is 5.94. The minimum absolute atomic E-state index is 0.0679. The number of carbonyl (C=O) groups is 2. The van der Waals surface area contributed by atoms with E-state index in [4.69, 9.17) is 0 Å². The number of carbonyl (C=O) groups excluding carboxylic acids is 2. The molecule has 2 unspecified atom stereocenters. The fraction of sp³-hybridized carbons (Fsp3) is 0.818. The molecule has 0 aromatic rings. The molecule has 2 rings (SSSR count). The molecule has 2 aliphatic heterocycles. The third-order valence-electron chi connectivity index (χ3n) is 3.54. The molecule has 0 aromatic heterocycles. The third-order valence-corrected chi connectivity index (χ3v) is 3.54. The average Bonchev–Trinajstić information content (AvgIpc) is 2.58. The van der Waals surface area contributed by atoms with Crippen molar-refractivity contribution in [1.82, 2.24) is 16.0 Å². The van der Waals surface area contributed by atoms with Gasteiger partial charge in [-0.25, -0.2) is 0 Å². The van der Waals surface area contributed by atoms with Gasteiger partial charge in [0.05, 0.1) is 0 Å². The Kier molecular flexibility index (Phi) is 3.43. The third kappa shape index (κ3) is 2.52. The molecule has 0 radical (unpaired) electrons. The van der Waals surface area contributed by atoms with Crippen LogP contribution in [0.4, 0.5) is 0 Å². The number of nitrogens with one attached hydrogen (secondary N) is 3. The molecule has 5 nitrogen and oxygen atoms in total. The Bertz CT molecular complexity index is 289. The minimum atomic E-state index is 0.0679. The molecule has 16 heavy (non-hydrogen) atoms. The van der Waals surface area contributed by atoms with Gasteiger partial charge in [0.15, 0.2) is 0 Å². The highest BCUT2D eigenvalue weighted by atomic mass is 16.2. The van der Waals surface area contributed by atoms with Gasteiger partial charge >= 0.3 is 0 Å².